The molecule has 0 atom stereocenters. The lowest BCUT2D eigenvalue weighted by Crippen LogP contribution is -2.61. The van der Waals surface area contributed by atoms with Crippen LogP contribution in [0.1, 0.15) is 34.7 Å². The molecule has 1 aliphatic rings. The molecule has 0 spiro atoms. The van der Waals surface area contributed by atoms with Gasteiger partial charge in [0.05, 0.1) is 16.1 Å². The topological polar surface area (TPSA) is 71.5 Å². The van der Waals surface area contributed by atoms with Crippen LogP contribution < -0.4 is 11.1 Å². The molecule has 2 heterocycles. The van der Waals surface area contributed by atoms with Crippen LogP contribution >= 0.6 is 12.2 Å². The Morgan fingerprint density at radius 2 is 2.05 bits per heavy atom. The molecule has 1 aliphatic heterocycles. The van der Waals surface area contributed by atoms with Gasteiger partial charge in [0.25, 0.3) is 5.91 Å². The van der Waals surface area contributed by atoms with Gasteiger partial charge in [-0.25, -0.2) is 0 Å². The average molecular weight is 295 g/mol. The van der Waals surface area contributed by atoms with Crippen molar-refractivity contribution in [3.63, 3.8) is 0 Å². The number of nitrogens with one attached hydrogen (secondary N) is 1. The number of nitrogens with two attached hydrogens (primary N) is 1. The zero-order valence-corrected chi connectivity index (χ0v) is 13.0. The highest BCUT2D eigenvalue weighted by atomic mass is 32.1. The minimum Gasteiger partial charge on any atom is -0.466 e. The lowest BCUT2D eigenvalue weighted by molar-refractivity contribution is 0.0888. The normalized spacial score (nSPS) is 18.8. The van der Waals surface area contributed by atoms with Gasteiger partial charge in [0.15, 0.2) is 0 Å². The molecule has 110 valence electrons. The summed E-state index contributed by atoms with van der Waals surface area (Å²) in [6.45, 7) is 5.33. The van der Waals surface area contributed by atoms with Gasteiger partial charge in [0.1, 0.15) is 11.5 Å². The summed E-state index contributed by atoms with van der Waals surface area (Å²) in [5.41, 5.74) is 5.86. The van der Waals surface area contributed by atoms with Gasteiger partial charge in [-0.3, -0.25) is 4.79 Å². The van der Waals surface area contributed by atoms with E-state index < -0.39 is 5.54 Å². The van der Waals surface area contributed by atoms with Crippen LogP contribution in [0.3, 0.4) is 0 Å². The Kier molecular flexibility index (Phi) is 4.15. The van der Waals surface area contributed by atoms with Crippen molar-refractivity contribution in [2.45, 2.75) is 32.2 Å². The maximum Gasteiger partial charge on any atom is 0.255 e. The minimum absolute atomic E-state index is 0.170. The quantitative estimate of drug-likeness (QED) is 0.824. The molecule has 0 unspecified atom stereocenters. The van der Waals surface area contributed by atoms with E-state index in [0.717, 1.165) is 31.7 Å². The highest BCUT2D eigenvalue weighted by Gasteiger charge is 2.38. The number of carbonyl (C=O) groups excluding carboxylic acids is 1. The zero-order valence-electron chi connectivity index (χ0n) is 12.2. The van der Waals surface area contributed by atoms with Gasteiger partial charge in [-0.05, 0) is 39.8 Å². The highest BCUT2D eigenvalue weighted by molar-refractivity contribution is 7.80. The van der Waals surface area contributed by atoms with Gasteiger partial charge in [0.2, 0.25) is 0 Å². The Morgan fingerprint density at radius 3 is 2.50 bits per heavy atom. The van der Waals surface area contributed by atoms with E-state index in [1.807, 2.05) is 6.92 Å². The van der Waals surface area contributed by atoms with Crippen LogP contribution in [0.2, 0.25) is 0 Å². The molecule has 0 radical (unpaired) electrons. The Hall–Kier alpha value is -1.40. The molecule has 1 aromatic heterocycles. The number of piperidine rings is 1. The standard InChI is InChI=1S/C14H21N3O2S/c1-9-8-11(10(2)19-9)12(18)16-14(13(15)20)4-6-17(3)7-5-14/h8H,4-7H2,1-3H3,(H2,15,20)(H,16,18). The molecule has 20 heavy (non-hydrogen) atoms. The van der Waals surface area contributed by atoms with Crippen LogP contribution in [0.15, 0.2) is 10.5 Å². The van der Waals surface area contributed by atoms with Crippen molar-refractivity contribution >= 4 is 23.1 Å². The molecule has 2 rings (SSSR count). The number of furan rings is 1. The summed E-state index contributed by atoms with van der Waals surface area (Å²) >= 11 is 5.19. The summed E-state index contributed by atoms with van der Waals surface area (Å²) < 4.78 is 5.40. The highest BCUT2D eigenvalue weighted by Crippen LogP contribution is 2.24. The molecule has 0 saturated carbocycles. The lowest BCUT2D eigenvalue weighted by Gasteiger charge is -2.40. The van der Waals surface area contributed by atoms with Crippen molar-refractivity contribution < 1.29 is 9.21 Å². The van der Waals surface area contributed by atoms with Crippen LogP contribution in [-0.2, 0) is 0 Å². The number of hydrogen-bond acceptors (Lipinski definition) is 4. The van der Waals surface area contributed by atoms with E-state index in [1.54, 1.807) is 13.0 Å². The molecule has 0 bridgehead atoms. The zero-order chi connectivity index (χ0) is 14.9. The van der Waals surface area contributed by atoms with Crippen molar-refractivity contribution in [3.8, 4) is 0 Å². The maximum atomic E-state index is 12.4. The summed E-state index contributed by atoms with van der Waals surface area (Å²) in [7, 11) is 2.05. The number of carbonyl (C=O) groups is 1. The predicted molar refractivity (Wildman–Crippen MR) is 81.9 cm³/mol. The van der Waals surface area contributed by atoms with E-state index >= 15 is 0 Å². The summed E-state index contributed by atoms with van der Waals surface area (Å²) in [5.74, 6) is 1.17. The predicted octanol–water partition coefficient (Wildman–Crippen LogP) is 1.38. The second kappa shape index (κ2) is 5.54. The number of rotatable bonds is 3. The second-order valence-corrected chi connectivity index (χ2v) is 5.97. The van der Waals surface area contributed by atoms with Gasteiger partial charge in [0, 0.05) is 13.1 Å². The van der Waals surface area contributed by atoms with Crippen molar-refractivity contribution in [1.29, 1.82) is 0 Å². The number of amides is 1. The molecule has 5 nitrogen and oxygen atoms in total. The van der Waals surface area contributed by atoms with Gasteiger partial charge < -0.3 is 20.4 Å². The largest absolute Gasteiger partial charge is 0.466 e. The smallest absolute Gasteiger partial charge is 0.255 e. The number of hydrogen-bond donors (Lipinski definition) is 2. The molecular formula is C14H21N3O2S. The van der Waals surface area contributed by atoms with E-state index in [2.05, 4.69) is 17.3 Å². The summed E-state index contributed by atoms with van der Waals surface area (Å²) in [5, 5.41) is 3.03. The lowest BCUT2D eigenvalue weighted by atomic mass is 9.87. The number of nitrogens with zero attached hydrogens (tertiary/aromatic N) is 1. The van der Waals surface area contributed by atoms with Gasteiger partial charge in [-0.2, -0.15) is 0 Å². The first-order chi connectivity index (χ1) is 9.34. The Labute approximate surface area is 124 Å². The fourth-order valence-electron chi connectivity index (χ4n) is 2.57. The van der Waals surface area contributed by atoms with Crippen LogP contribution in [0.4, 0.5) is 0 Å². The fourth-order valence-corrected chi connectivity index (χ4v) is 2.83. The molecule has 3 N–H and O–H groups in total. The third kappa shape index (κ3) is 2.86. The summed E-state index contributed by atoms with van der Waals surface area (Å²) in [4.78, 5) is 15.0. The third-order valence-electron chi connectivity index (χ3n) is 3.95. The fraction of sp³-hybridized carbons (Fsp3) is 0.571. The van der Waals surface area contributed by atoms with Crippen LogP contribution in [0, 0.1) is 13.8 Å². The monoisotopic (exact) mass is 295 g/mol. The van der Waals surface area contributed by atoms with Crippen molar-refractivity contribution in [2.75, 3.05) is 20.1 Å². The van der Waals surface area contributed by atoms with E-state index in [-0.39, 0.29) is 5.91 Å². The molecule has 6 heteroatoms. The van der Waals surface area contributed by atoms with E-state index in [1.165, 1.54) is 0 Å². The SMILES string of the molecule is Cc1cc(C(=O)NC2(C(N)=S)CCN(C)CC2)c(C)o1. The van der Waals surface area contributed by atoms with Crippen molar-refractivity contribution in [3.05, 3.63) is 23.2 Å². The number of likely N-dealkylation sites (tertiary alicyclic amines) is 1. The Bertz CT molecular complexity index is 531. The van der Waals surface area contributed by atoms with Gasteiger partial charge in [-0.1, -0.05) is 12.2 Å². The van der Waals surface area contributed by atoms with E-state index in [0.29, 0.717) is 16.3 Å². The first-order valence-electron chi connectivity index (χ1n) is 6.72. The molecule has 0 aromatic carbocycles. The molecular weight excluding hydrogens is 274 g/mol. The van der Waals surface area contributed by atoms with E-state index in [9.17, 15) is 4.79 Å². The van der Waals surface area contributed by atoms with Crippen LogP contribution in [-0.4, -0.2) is 41.5 Å². The number of thiocarbonyl (C=S) groups is 1. The first-order valence-corrected chi connectivity index (χ1v) is 7.13. The minimum atomic E-state index is -0.587. The summed E-state index contributed by atoms with van der Waals surface area (Å²) in [6.07, 6.45) is 1.47. The van der Waals surface area contributed by atoms with Crippen molar-refractivity contribution in [1.82, 2.24) is 10.2 Å². The molecule has 0 aliphatic carbocycles. The second-order valence-electron chi connectivity index (χ2n) is 5.53. The molecule has 1 aromatic rings. The Balaban J connectivity index is 2.19. The van der Waals surface area contributed by atoms with Crippen molar-refractivity contribution in [2.24, 2.45) is 5.73 Å². The molecule has 1 amide bonds. The first kappa shape index (κ1) is 15.0. The number of aryl methyl sites for hydroxylation is 2. The van der Waals surface area contributed by atoms with E-state index in [4.69, 9.17) is 22.4 Å². The molecule has 1 fully saturated rings. The third-order valence-corrected chi connectivity index (χ3v) is 4.34. The van der Waals surface area contributed by atoms with Crippen LogP contribution in [0.5, 0.6) is 0 Å². The van der Waals surface area contributed by atoms with Crippen LogP contribution in [0.25, 0.3) is 0 Å². The maximum absolute atomic E-state index is 12.4. The van der Waals surface area contributed by atoms with Gasteiger partial charge >= 0.3 is 0 Å². The molecule has 1 saturated heterocycles. The Morgan fingerprint density at radius 1 is 1.45 bits per heavy atom. The van der Waals surface area contributed by atoms with Gasteiger partial charge in [-0.15, -0.1) is 0 Å². The summed E-state index contributed by atoms with van der Waals surface area (Å²) in [6, 6.07) is 1.74. The average Bonchev–Trinajstić information content (AvgIpc) is 2.71.